The maximum absolute atomic E-state index is 12.4. The first kappa shape index (κ1) is 26.2. The van der Waals surface area contributed by atoms with E-state index in [2.05, 4.69) is 20.5 Å². The second-order valence-corrected chi connectivity index (χ2v) is 7.51. The van der Waals surface area contributed by atoms with E-state index < -0.39 is 18.6 Å². The number of carbonyl (C=O) groups is 1. The van der Waals surface area contributed by atoms with Crippen LogP contribution in [0, 0.1) is 5.92 Å². The number of alkyl halides is 3. The van der Waals surface area contributed by atoms with Crippen molar-refractivity contribution in [3.8, 4) is 0 Å². The number of nitrogens with one attached hydrogen (secondary N) is 2. The lowest BCUT2D eigenvalue weighted by Crippen LogP contribution is -2.49. The smallest absolute Gasteiger partial charge is 0.381 e. The van der Waals surface area contributed by atoms with Gasteiger partial charge in [-0.05, 0) is 32.1 Å². The number of guanidine groups is 1. The summed E-state index contributed by atoms with van der Waals surface area (Å²) >= 11 is 0. The fraction of sp³-hybridized carbons (Fsp3) is 0.889. The molecule has 0 bridgehead atoms. The van der Waals surface area contributed by atoms with Crippen molar-refractivity contribution in [2.24, 2.45) is 10.9 Å². The monoisotopic (exact) mass is 535 g/mol. The van der Waals surface area contributed by atoms with Crippen LogP contribution in [0.2, 0.25) is 0 Å². The largest absolute Gasteiger partial charge is 0.406 e. The second-order valence-electron chi connectivity index (χ2n) is 7.51. The quantitative estimate of drug-likeness (QED) is 0.295. The topological polar surface area (TPSA) is 69.2 Å². The number of nitrogens with zero attached hydrogens (tertiary/aromatic N) is 3. The summed E-state index contributed by atoms with van der Waals surface area (Å²) in [6.07, 6.45) is -1.36. The first-order valence-corrected chi connectivity index (χ1v) is 9.92. The van der Waals surface area contributed by atoms with Crippen LogP contribution < -0.4 is 10.6 Å². The molecule has 0 aromatic heterocycles. The van der Waals surface area contributed by atoms with Crippen molar-refractivity contribution in [2.75, 3.05) is 59.5 Å². The minimum atomic E-state index is -4.41. The molecule has 0 spiro atoms. The van der Waals surface area contributed by atoms with Crippen molar-refractivity contribution in [1.29, 1.82) is 0 Å². The fourth-order valence-electron chi connectivity index (χ4n) is 3.49. The third kappa shape index (κ3) is 10.2. The van der Waals surface area contributed by atoms with Gasteiger partial charge in [0.15, 0.2) is 5.96 Å². The Morgan fingerprint density at radius 2 is 1.97 bits per heavy atom. The van der Waals surface area contributed by atoms with Gasteiger partial charge in [0.25, 0.3) is 0 Å². The number of likely N-dealkylation sites (N-methyl/N-ethyl adjacent to an activating group) is 1. The normalized spacial score (nSPS) is 21.6. The van der Waals surface area contributed by atoms with Crippen LogP contribution in [-0.4, -0.2) is 93.4 Å². The molecule has 2 aliphatic rings. The molecule has 7 nitrogen and oxygen atoms in total. The Labute approximate surface area is 187 Å². The zero-order chi connectivity index (χ0) is 20.6. The van der Waals surface area contributed by atoms with Gasteiger partial charge in [0.05, 0.1) is 6.61 Å². The van der Waals surface area contributed by atoms with E-state index in [1.165, 1.54) is 0 Å². The molecule has 1 amide bonds. The molecule has 2 heterocycles. The van der Waals surface area contributed by atoms with Gasteiger partial charge >= 0.3 is 6.18 Å². The molecular weight excluding hydrogens is 502 g/mol. The Hall–Kier alpha value is -0.820. The Balaban J connectivity index is 0.00000420. The number of aliphatic imine (C=N–C) groups is 1. The van der Waals surface area contributed by atoms with Crippen LogP contribution in [-0.2, 0) is 9.53 Å². The van der Waals surface area contributed by atoms with E-state index in [1.807, 2.05) is 6.92 Å². The average molecular weight is 535 g/mol. The number of hydrogen-bond donors (Lipinski definition) is 2. The summed E-state index contributed by atoms with van der Waals surface area (Å²) in [4.78, 5) is 19.1. The van der Waals surface area contributed by atoms with E-state index in [-0.39, 0.29) is 36.6 Å². The van der Waals surface area contributed by atoms with E-state index in [4.69, 9.17) is 4.74 Å². The molecule has 170 valence electrons. The molecule has 1 unspecified atom stereocenters. The van der Waals surface area contributed by atoms with Crippen LogP contribution in [0.1, 0.15) is 26.2 Å². The number of piperidine rings is 1. The molecule has 2 N–H and O–H groups in total. The summed E-state index contributed by atoms with van der Waals surface area (Å²) in [6.45, 7) is 5.69. The number of amides is 1. The van der Waals surface area contributed by atoms with Gasteiger partial charge in [-0.3, -0.25) is 4.79 Å². The fourth-order valence-corrected chi connectivity index (χ4v) is 3.49. The van der Waals surface area contributed by atoms with Crippen LogP contribution in [0.25, 0.3) is 0 Å². The van der Waals surface area contributed by atoms with Crippen molar-refractivity contribution >= 4 is 35.8 Å². The lowest BCUT2D eigenvalue weighted by molar-refractivity contribution is -0.157. The average Bonchev–Trinajstić information content (AvgIpc) is 3.12. The lowest BCUT2D eigenvalue weighted by Gasteiger charge is -2.34. The van der Waals surface area contributed by atoms with Gasteiger partial charge in [-0.1, -0.05) is 0 Å². The SMILES string of the molecule is CCNC(=NCC(=O)N(C)CC(F)(F)F)NC1CCN(CC2CCOC2)CC1.I. The third-order valence-electron chi connectivity index (χ3n) is 5.03. The summed E-state index contributed by atoms with van der Waals surface area (Å²) in [7, 11) is 1.14. The number of ether oxygens (including phenoxy) is 1. The lowest BCUT2D eigenvalue weighted by atomic mass is 10.0. The molecule has 0 aromatic carbocycles. The maximum atomic E-state index is 12.4. The highest BCUT2D eigenvalue weighted by molar-refractivity contribution is 14.0. The van der Waals surface area contributed by atoms with E-state index in [0.29, 0.717) is 23.3 Å². The molecular formula is C18H33F3IN5O2. The third-order valence-corrected chi connectivity index (χ3v) is 5.03. The first-order valence-electron chi connectivity index (χ1n) is 9.92. The molecule has 2 fully saturated rings. The maximum Gasteiger partial charge on any atom is 0.406 e. The number of hydrogen-bond acceptors (Lipinski definition) is 4. The molecule has 0 aromatic rings. The van der Waals surface area contributed by atoms with Crippen molar-refractivity contribution in [3.63, 3.8) is 0 Å². The minimum absolute atomic E-state index is 0. The van der Waals surface area contributed by atoms with E-state index in [0.717, 1.165) is 59.2 Å². The van der Waals surface area contributed by atoms with Gasteiger partial charge in [-0.15, -0.1) is 24.0 Å². The zero-order valence-electron chi connectivity index (χ0n) is 17.1. The predicted octanol–water partition coefficient (Wildman–Crippen LogP) is 1.68. The van der Waals surface area contributed by atoms with Gasteiger partial charge in [-0.25, -0.2) is 4.99 Å². The summed E-state index contributed by atoms with van der Waals surface area (Å²) in [5, 5.41) is 6.37. The van der Waals surface area contributed by atoms with E-state index in [1.54, 1.807) is 0 Å². The molecule has 0 radical (unpaired) electrons. The zero-order valence-corrected chi connectivity index (χ0v) is 19.5. The van der Waals surface area contributed by atoms with Crippen molar-refractivity contribution in [2.45, 2.75) is 38.4 Å². The van der Waals surface area contributed by atoms with Crippen LogP contribution >= 0.6 is 24.0 Å². The van der Waals surface area contributed by atoms with E-state index >= 15 is 0 Å². The van der Waals surface area contributed by atoms with Crippen LogP contribution in [0.3, 0.4) is 0 Å². The van der Waals surface area contributed by atoms with Gasteiger partial charge in [0, 0.05) is 45.9 Å². The van der Waals surface area contributed by atoms with Crippen molar-refractivity contribution < 1.29 is 22.7 Å². The summed E-state index contributed by atoms with van der Waals surface area (Å²) < 4.78 is 42.6. The highest BCUT2D eigenvalue weighted by Gasteiger charge is 2.31. The molecule has 0 saturated carbocycles. The first-order chi connectivity index (χ1) is 13.3. The molecule has 0 aliphatic carbocycles. The minimum Gasteiger partial charge on any atom is -0.381 e. The molecule has 2 aliphatic heterocycles. The summed E-state index contributed by atoms with van der Waals surface area (Å²) in [5.41, 5.74) is 0. The van der Waals surface area contributed by atoms with Gasteiger partial charge in [-0.2, -0.15) is 13.2 Å². The number of rotatable bonds is 7. The number of likely N-dealkylation sites (tertiary alicyclic amines) is 1. The Morgan fingerprint density at radius 1 is 1.28 bits per heavy atom. The number of carbonyl (C=O) groups excluding carboxylic acids is 1. The molecule has 11 heteroatoms. The highest BCUT2D eigenvalue weighted by Crippen LogP contribution is 2.18. The van der Waals surface area contributed by atoms with Crippen LogP contribution in [0.4, 0.5) is 13.2 Å². The molecule has 2 rings (SSSR count). The molecule has 1 atom stereocenters. The van der Waals surface area contributed by atoms with Gasteiger partial charge in [0.2, 0.25) is 5.91 Å². The number of halogens is 4. The van der Waals surface area contributed by atoms with Gasteiger partial charge < -0.3 is 25.2 Å². The van der Waals surface area contributed by atoms with Gasteiger partial charge in [0.1, 0.15) is 13.1 Å². The summed E-state index contributed by atoms with van der Waals surface area (Å²) in [5.74, 6) is 0.435. The Morgan fingerprint density at radius 3 is 2.52 bits per heavy atom. The van der Waals surface area contributed by atoms with Crippen molar-refractivity contribution in [1.82, 2.24) is 20.4 Å². The summed E-state index contributed by atoms with van der Waals surface area (Å²) in [6, 6.07) is 0.233. The molecule has 29 heavy (non-hydrogen) atoms. The van der Waals surface area contributed by atoms with Crippen molar-refractivity contribution in [3.05, 3.63) is 0 Å². The highest BCUT2D eigenvalue weighted by atomic mass is 127. The Kier molecular flexibility index (Phi) is 11.6. The second kappa shape index (κ2) is 12.8. The van der Waals surface area contributed by atoms with Crippen LogP contribution in [0.15, 0.2) is 4.99 Å². The standard InChI is InChI=1S/C18H32F3N5O2.HI/c1-3-22-17(23-10-16(27)25(2)13-18(19,20)21)24-15-4-7-26(8-5-15)11-14-6-9-28-12-14;/h14-15H,3-13H2,1-2H3,(H2,22,23,24);1H. The molecule has 2 saturated heterocycles. The predicted molar refractivity (Wildman–Crippen MR) is 117 cm³/mol. The van der Waals surface area contributed by atoms with E-state index in [9.17, 15) is 18.0 Å². The van der Waals surface area contributed by atoms with Crippen LogP contribution in [0.5, 0.6) is 0 Å². The Bertz CT molecular complexity index is 522.